The van der Waals surface area contributed by atoms with Gasteiger partial charge in [0.1, 0.15) is 11.5 Å². The minimum atomic E-state index is 0.593. The Hall–Kier alpha value is -1.82. The van der Waals surface area contributed by atoms with Gasteiger partial charge >= 0.3 is 0 Å². The zero-order chi connectivity index (χ0) is 16.4. The van der Waals surface area contributed by atoms with Gasteiger partial charge in [0.15, 0.2) is 5.16 Å². The van der Waals surface area contributed by atoms with Gasteiger partial charge in [-0.25, -0.2) is 4.98 Å². The number of hydrogen-bond acceptors (Lipinski definition) is 4. The lowest BCUT2D eigenvalue weighted by molar-refractivity contribution is 0.413. The highest BCUT2D eigenvalue weighted by Gasteiger charge is 2.22. The minimum absolute atomic E-state index is 0.593. The molecule has 1 fully saturated rings. The van der Waals surface area contributed by atoms with E-state index in [2.05, 4.69) is 37.3 Å². The third-order valence-electron chi connectivity index (χ3n) is 4.80. The normalized spacial score (nSPS) is 16.0. The van der Waals surface area contributed by atoms with E-state index in [1.807, 2.05) is 24.4 Å². The van der Waals surface area contributed by atoms with Crippen molar-refractivity contribution < 1.29 is 0 Å². The molecule has 3 aromatic heterocycles. The molecular weight excluding hydrogens is 318 g/mol. The fourth-order valence-electron chi connectivity index (χ4n) is 3.56. The largest absolute Gasteiger partial charge is 0.307 e. The molecule has 1 aliphatic rings. The van der Waals surface area contributed by atoms with Gasteiger partial charge in [0.2, 0.25) is 0 Å². The topological polar surface area (TPSA) is 48.0 Å². The molecular formula is C18H23N5S. The third kappa shape index (κ3) is 3.07. The van der Waals surface area contributed by atoms with E-state index in [1.165, 1.54) is 37.9 Å². The number of thioether (sulfide) groups is 1. The summed E-state index contributed by atoms with van der Waals surface area (Å²) in [5.74, 6) is 2.61. The van der Waals surface area contributed by atoms with Crippen LogP contribution in [0, 0.1) is 0 Å². The lowest BCUT2D eigenvalue weighted by Crippen LogP contribution is -2.12. The van der Waals surface area contributed by atoms with Gasteiger partial charge in [-0.2, -0.15) is 0 Å². The van der Waals surface area contributed by atoms with Crippen LogP contribution in [-0.2, 0) is 12.3 Å². The van der Waals surface area contributed by atoms with Gasteiger partial charge in [-0.3, -0.25) is 0 Å². The van der Waals surface area contributed by atoms with Crippen LogP contribution in [0.2, 0.25) is 0 Å². The van der Waals surface area contributed by atoms with Crippen molar-refractivity contribution in [3.63, 3.8) is 0 Å². The number of imidazole rings is 1. The molecule has 4 rings (SSSR count). The first-order valence-corrected chi connectivity index (χ1v) is 9.82. The van der Waals surface area contributed by atoms with Gasteiger partial charge < -0.3 is 8.97 Å². The van der Waals surface area contributed by atoms with Crippen LogP contribution >= 0.6 is 11.8 Å². The summed E-state index contributed by atoms with van der Waals surface area (Å²) in [5, 5.41) is 10.0. The maximum absolute atomic E-state index is 4.66. The molecule has 0 amide bonds. The average Bonchev–Trinajstić information content (AvgIpc) is 3.23. The van der Waals surface area contributed by atoms with Crippen LogP contribution in [0.25, 0.3) is 5.65 Å². The zero-order valence-electron chi connectivity index (χ0n) is 14.1. The van der Waals surface area contributed by atoms with Gasteiger partial charge in [0.25, 0.3) is 0 Å². The first kappa shape index (κ1) is 15.7. The molecule has 126 valence electrons. The summed E-state index contributed by atoms with van der Waals surface area (Å²) in [6.45, 7) is 3.12. The predicted molar refractivity (Wildman–Crippen MR) is 96.3 cm³/mol. The lowest BCUT2D eigenvalue weighted by atomic mass is 9.89. The number of fused-ring (bicyclic) bond motifs is 1. The van der Waals surface area contributed by atoms with E-state index in [-0.39, 0.29) is 0 Å². The molecule has 0 unspecified atom stereocenters. The summed E-state index contributed by atoms with van der Waals surface area (Å²) >= 11 is 1.74. The van der Waals surface area contributed by atoms with Gasteiger partial charge in [-0.15, -0.1) is 10.2 Å². The molecule has 5 nitrogen and oxygen atoms in total. The molecule has 1 aliphatic carbocycles. The van der Waals surface area contributed by atoms with Gasteiger partial charge in [-0.1, -0.05) is 37.1 Å². The van der Waals surface area contributed by atoms with E-state index in [0.29, 0.717) is 5.92 Å². The van der Waals surface area contributed by atoms with E-state index >= 15 is 0 Å². The van der Waals surface area contributed by atoms with Crippen LogP contribution in [0.5, 0.6) is 0 Å². The van der Waals surface area contributed by atoms with Crippen molar-refractivity contribution in [2.24, 2.45) is 0 Å². The molecule has 0 spiro atoms. The van der Waals surface area contributed by atoms with Crippen LogP contribution in [0.3, 0.4) is 0 Å². The molecule has 1 saturated carbocycles. The fraction of sp³-hybridized carbons (Fsp3) is 0.500. The van der Waals surface area contributed by atoms with E-state index < -0.39 is 0 Å². The molecule has 3 heterocycles. The molecule has 3 aromatic rings. The smallest absolute Gasteiger partial charge is 0.191 e. The zero-order valence-corrected chi connectivity index (χ0v) is 14.9. The first-order valence-electron chi connectivity index (χ1n) is 8.83. The number of rotatable bonds is 5. The molecule has 0 N–H and O–H groups in total. The maximum atomic E-state index is 4.66. The number of aromatic nitrogens is 5. The molecule has 0 radical (unpaired) electrons. The van der Waals surface area contributed by atoms with Crippen LogP contribution < -0.4 is 0 Å². The Morgan fingerprint density at radius 2 is 2.04 bits per heavy atom. The third-order valence-corrected chi connectivity index (χ3v) is 5.80. The standard InChI is InChI=1S/C18H23N5S/c1-2-23-17(14-8-4-3-5-9-14)20-21-18(23)24-13-15-12-22-11-7-6-10-16(22)19-15/h6-7,10-12,14H,2-5,8-9,13H2,1H3. The fourth-order valence-corrected chi connectivity index (χ4v) is 4.46. The average molecular weight is 341 g/mol. The molecule has 0 atom stereocenters. The molecule has 6 heteroatoms. The van der Waals surface area contributed by atoms with Crippen molar-refractivity contribution in [2.45, 2.75) is 62.4 Å². The Morgan fingerprint density at radius 1 is 1.17 bits per heavy atom. The second-order valence-corrected chi connectivity index (χ2v) is 7.35. The van der Waals surface area contributed by atoms with Gasteiger partial charge in [0, 0.05) is 30.6 Å². The Bertz CT molecular complexity index is 783. The summed E-state index contributed by atoms with van der Waals surface area (Å²) in [6.07, 6.45) is 10.7. The van der Waals surface area contributed by atoms with E-state index in [9.17, 15) is 0 Å². The Balaban J connectivity index is 1.50. The molecule has 0 aliphatic heterocycles. The van der Waals surface area contributed by atoms with E-state index in [4.69, 9.17) is 0 Å². The van der Waals surface area contributed by atoms with E-state index in [0.717, 1.165) is 28.8 Å². The Labute approximate surface area is 146 Å². The second-order valence-electron chi connectivity index (χ2n) is 6.41. The quantitative estimate of drug-likeness (QED) is 0.650. The Kier molecular flexibility index (Phi) is 4.56. The van der Waals surface area contributed by atoms with Crippen LogP contribution in [-0.4, -0.2) is 24.1 Å². The predicted octanol–water partition coefficient (Wildman–Crippen LogP) is 4.29. The highest BCUT2D eigenvalue weighted by atomic mass is 32.2. The van der Waals surface area contributed by atoms with Crippen molar-refractivity contribution in [3.8, 4) is 0 Å². The number of hydrogen-bond donors (Lipinski definition) is 0. The van der Waals surface area contributed by atoms with Gasteiger partial charge in [-0.05, 0) is 31.9 Å². The molecule has 0 saturated heterocycles. The maximum Gasteiger partial charge on any atom is 0.191 e. The summed E-state index contributed by atoms with van der Waals surface area (Å²) < 4.78 is 4.37. The van der Waals surface area contributed by atoms with Crippen molar-refractivity contribution in [1.29, 1.82) is 0 Å². The monoisotopic (exact) mass is 341 g/mol. The van der Waals surface area contributed by atoms with Crippen LogP contribution in [0.15, 0.2) is 35.7 Å². The first-order chi connectivity index (χ1) is 11.8. The highest BCUT2D eigenvalue weighted by molar-refractivity contribution is 7.98. The minimum Gasteiger partial charge on any atom is -0.307 e. The van der Waals surface area contributed by atoms with Gasteiger partial charge in [0.05, 0.1) is 5.69 Å². The second kappa shape index (κ2) is 6.97. The molecule has 0 bridgehead atoms. The van der Waals surface area contributed by atoms with E-state index in [1.54, 1.807) is 11.8 Å². The van der Waals surface area contributed by atoms with Crippen molar-refractivity contribution >= 4 is 17.4 Å². The Morgan fingerprint density at radius 3 is 2.83 bits per heavy atom. The highest BCUT2D eigenvalue weighted by Crippen LogP contribution is 2.33. The van der Waals surface area contributed by atoms with Crippen LogP contribution in [0.4, 0.5) is 0 Å². The van der Waals surface area contributed by atoms with Crippen molar-refractivity contribution in [3.05, 3.63) is 42.1 Å². The number of pyridine rings is 1. The number of nitrogens with zero attached hydrogens (tertiary/aromatic N) is 5. The van der Waals surface area contributed by atoms with Crippen LogP contribution in [0.1, 0.15) is 56.5 Å². The molecule has 24 heavy (non-hydrogen) atoms. The summed E-state index contributed by atoms with van der Waals surface area (Å²) in [5.41, 5.74) is 2.07. The van der Waals surface area contributed by atoms with Crippen molar-refractivity contribution in [2.75, 3.05) is 0 Å². The lowest BCUT2D eigenvalue weighted by Gasteiger charge is -2.21. The molecule has 0 aromatic carbocycles. The summed E-state index contributed by atoms with van der Waals surface area (Å²) in [7, 11) is 0. The summed E-state index contributed by atoms with van der Waals surface area (Å²) in [6, 6.07) is 6.07. The summed E-state index contributed by atoms with van der Waals surface area (Å²) in [4.78, 5) is 4.66. The SMILES string of the molecule is CCn1c(SCc2cn3ccccc3n2)nnc1C1CCCCC1. The van der Waals surface area contributed by atoms with Crippen molar-refractivity contribution in [1.82, 2.24) is 24.1 Å².